The molecule has 6 aromatic rings. The summed E-state index contributed by atoms with van der Waals surface area (Å²) in [4.78, 5) is 5.20. The maximum Gasteiger partial charge on any atom is 0.145 e. The van der Waals surface area contributed by atoms with Crippen molar-refractivity contribution in [3.8, 4) is 22.4 Å². The highest BCUT2D eigenvalue weighted by Crippen LogP contribution is 2.46. The molecule has 0 atom stereocenters. The molecule has 2 nitrogen and oxygen atoms in total. The van der Waals surface area contributed by atoms with E-state index in [2.05, 4.69) is 89.3 Å². The third kappa shape index (κ3) is 1.91. The number of pyridine rings is 1. The molecule has 0 spiro atoms. The van der Waals surface area contributed by atoms with Gasteiger partial charge in [0.1, 0.15) is 5.65 Å². The number of fused-ring (bicyclic) bond motifs is 13. The Bertz CT molecular complexity index is 1740. The minimum Gasteiger partial charge on any atom is -0.291 e. The second-order valence-electron chi connectivity index (χ2n) is 8.81. The SMILES string of the molecule is c1ccc2c(c1)Cc1cc3c(cc1-2)Cc1nc2c4ccccc4c4ccccc4n2c1-3. The number of nitrogens with zero attached hydrogens (tertiary/aromatic N) is 2. The highest BCUT2D eigenvalue weighted by atomic mass is 15.0. The summed E-state index contributed by atoms with van der Waals surface area (Å²) in [5, 5.41) is 3.79. The molecule has 0 unspecified atom stereocenters. The molecule has 0 bridgehead atoms. The van der Waals surface area contributed by atoms with Gasteiger partial charge in [-0.2, -0.15) is 0 Å². The van der Waals surface area contributed by atoms with E-state index in [1.165, 1.54) is 66.4 Å². The molecule has 0 amide bonds. The number of benzene rings is 4. The summed E-state index contributed by atoms with van der Waals surface area (Å²) in [6.45, 7) is 0. The summed E-state index contributed by atoms with van der Waals surface area (Å²) in [7, 11) is 0. The molecule has 2 aliphatic rings. The maximum atomic E-state index is 5.20. The van der Waals surface area contributed by atoms with Gasteiger partial charge in [-0.3, -0.25) is 4.40 Å². The highest BCUT2D eigenvalue weighted by molar-refractivity contribution is 6.12. The largest absolute Gasteiger partial charge is 0.291 e. The van der Waals surface area contributed by atoms with Gasteiger partial charge < -0.3 is 0 Å². The van der Waals surface area contributed by atoms with Crippen molar-refractivity contribution in [3.63, 3.8) is 0 Å². The standard InChI is InChI=1S/C29H18N2/c1-2-8-20-17(7-1)13-18-15-25-19(14-24(18)20)16-26-28(25)31-27-12-6-5-10-22(27)21-9-3-4-11-23(21)29(31)30-26/h1-12,14-15H,13,16H2. The molecule has 0 saturated carbocycles. The van der Waals surface area contributed by atoms with E-state index in [1.807, 2.05) is 0 Å². The molecule has 31 heavy (non-hydrogen) atoms. The summed E-state index contributed by atoms with van der Waals surface area (Å²) in [5.41, 5.74) is 13.2. The number of imidazole rings is 1. The van der Waals surface area contributed by atoms with E-state index in [-0.39, 0.29) is 0 Å². The molecule has 8 rings (SSSR count). The number of hydrogen-bond acceptors (Lipinski definition) is 1. The van der Waals surface area contributed by atoms with Crippen molar-refractivity contribution in [2.45, 2.75) is 12.8 Å². The van der Waals surface area contributed by atoms with E-state index in [9.17, 15) is 0 Å². The van der Waals surface area contributed by atoms with E-state index in [0.717, 1.165) is 18.5 Å². The van der Waals surface area contributed by atoms with E-state index < -0.39 is 0 Å². The van der Waals surface area contributed by atoms with Crippen LogP contribution in [0.4, 0.5) is 0 Å². The van der Waals surface area contributed by atoms with Crippen LogP contribution in [0.25, 0.3) is 49.7 Å². The zero-order valence-corrected chi connectivity index (χ0v) is 16.9. The summed E-state index contributed by atoms with van der Waals surface area (Å²) in [5.74, 6) is 0. The molecule has 2 aromatic heterocycles. The lowest BCUT2D eigenvalue weighted by Crippen LogP contribution is -1.95. The van der Waals surface area contributed by atoms with Gasteiger partial charge in [-0.1, -0.05) is 66.7 Å². The van der Waals surface area contributed by atoms with Gasteiger partial charge in [0.25, 0.3) is 0 Å². The number of rotatable bonds is 0. The zero-order chi connectivity index (χ0) is 20.1. The third-order valence-electron chi connectivity index (χ3n) is 7.18. The number of aromatic nitrogens is 2. The first kappa shape index (κ1) is 15.9. The summed E-state index contributed by atoms with van der Waals surface area (Å²) in [6, 6.07) is 31.1. The Kier molecular flexibility index (Phi) is 2.77. The number of hydrogen-bond donors (Lipinski definition) is 0. The van der Waals surface area contributed by atoms with Crippen LogP contribution in [0.5, 0.6) is 0 Å². The Morgan fingerprint density at radius 1 is 0.581 bits per heavy atom. The normalized spacial score (nSPS) is 13.5. The van der Waals surface area contributed by atoms with Crippen LogP contribution in [0.15, 0.2) is 84.9 Å². The van der Waals surface area contributed by atoms with Crippen molar-refractivity contribution in [1.29, 1.82) is 0 Å². The molecule has 2 aliphatic carbocycles. The summed E-state index contributed by atoms with van der Waals surface area (Å²) >= 11 is 0. The first-order chi connectivity index (χ1) is 15.4. The van der Waals surface area contributed by atoms with Gasteiger partial charge in [0.2, 0.25) is 0 Å². The summed E-state index contributed by atoms with van der Waals surface area (Å²) in [6.07, 6.45) is 1.93. The van der Waals surface area contributed by atoms with Gasteiger partial charge in [-0.05, 0) is 57.8 Å². The molecular weight excluding hydrogens is 376 g/mol. The van der Waals surface area contributed by atoms with Gasteiger partial charge in [-0.15, -0.1) is 0 Å². The van der Waals surface area contributed by atoms with E-state index in [4.69, 9.17) is 4.98 Å². The Morgan fingerprint density at radius 2 is 1.29 bits per heavy atom. The van der Waals surface area contributed by atoms with Gasteiger partial charge in [-0.25, -0.2) is 4.98 Å². The van der Waals surface area contributed by atoms with Crippen LogP contribution in [0.3, 0.4) is 0 Å². The van der Waals surface area contributed by atoms with Crippen LogP contribution in [0.2, 0.25) is 0 Å². The van der Waals surface area contributed by atoms with Gasteiger partial charge in [0.05, 0.1) is 16.9 Å². The quantitative estimate of drug-likeness (QED) is 0.259. The van der Waals surface area contributed by atoms with Crippen molar-refractivity contribution in [2.75, 3.05) is 0 Å². The van der Waals surface area contributed by atoms with Gasteiger partial charge >= 0.3 is 0 Å². The Balaban J connectivity index is 1.49. The van der Waals surface area contributed by atoms with Crippen molar-refractivity contribution in [1.82, 2.24) is 9.38 Å². The lowest BCUT2D eigenvalue weighted by atomic mass is 9.99. The van der Waals surface area contributed by atoms with E-state index in [1.54, 1.807) is 0 Å². The fraction of sp³-hybridized carbons (Fsp3) is 0.0690. The van der Waals surface area contributed by atoms with E-state index >= 15 is 0 Å². The lowest BCUT2D eigenvalue weighted by Gasteiger charge is -2.12. The molecular formula is C29H18N2. The summed E-state index contributed by atoms with van der Waals surface area (Å²) < 4.78 is 2.41. The molecule has 0 radical (unpaired) electrons. The Labute approximate surface area is 179 Å². The maximum absolute atomic E-state index is 5.20. The van der Waals surface area contributed by atoms with Crippen molar-refractivity contribution >= 4 is 27.3 Å². The second kappa shape index (κ2) is 5.41. The molecule has 0 saturated heterocycles. The average Bonchev–Trinajstić information content (AvgIpc) is 3.47. The molecule has 0 N–H and O–H groups in total. The van der Waals surface area contributed by atoms with Crippen molar-refractivity contribution in [3.05, 3.63) is 107 Å². The first-order valence-electron chi connectivity index (χ1n) is 10.9. The molecule has 0 fully saturated rings. The van der Waals surface area contributed by atoms with Crippen LogP contribution >= 0.6 is 0 Å². The first-order valence-corrected chi connectivity index (χ1v) is 10.9. The zero-order valence-electron chi connectivity index (χ0n) is 16.9. The van der Waals surface area contributed by atoms with Crippen LogP contribution in [-0.4, -0.2) is 9.38 Å². The molecule has 144 valence electrons. The predicted octanol–water partition coefficient (Wildman–Crippen LogP) is 6.78. The van der Waals surface area contributed by atoms with Crippen LogP contribution in [0.1, 0.15) is 22.4 Å². The van der Waals surface area contributed by atoms with Gasteiger partial charge in [0, 0.05) is 22.8 Å². The minimum atomic E-state index is 0.907. The number of para-hydroxylation sites is 1. The lowest BCUT2D eigenvalue weighted by molar-refractivity contribution is 1.16. The third-order valence-corrected chi connectivity index (χ3v) is 7.18. The molecule has 2 heteroatoms. The monoisotopic (exact) mass is 394 g/mol. The van der Waals surface area contributed by atoms with Crippen LogP contribution in [0, 0.1) is 0 Å². The van der Waals surface area contributed by atoms with Crippen molar-refractivity contribution in [2.24, 2.45) is 0 Å². The van der Waals surface area contributed by atoms with E-state index in [0.29, 0.717) is 0 Å². The van der Waals surface area contributed by atoms with Crippen LogP contribution < -0.4 is 0 Å². The molecule has 0 aliphatic heterocycles. The fourth-order valence-corrected chi connectivity index (χ4v) is 5.87. The molecule has 4 aromatic carbocycles. The topological polar surface area (TPSA) is 17.3 Å². The Hall–Kier alpha value is -3.91. The molecule has 2 heterocycles. The second-order valence-corrected chi connectivity index (χ2v) is 8.81. The van der Waals surface area contributed by atoms with Gasteiger partial charge in [0.15, 0.2) is 0 Å². The predicted molar refractivity (Wildman–Crippen MR) is 127 cm³/mol. The smallest absolute Gasteiger partial charge is 0.145 e. The minimum absolute atomic E-state index is 0.907. The van der Waals surface area contributed by atoms with Crippen LogP contribution in [-0.2, 0) is 12.8 Å². The Morgan fingerprint density at radius 3 is 2.23 bits per heavy atom. The van der Waals surface area contributed by atoms with Crippen molar-refractivity contribution < 1.29 is 0 Å². The fourth-order valence-electron chi connectivity index (χ4n) is 5.87. The highest BCUT2D eigenvalue weighted by Gasteiger charge is 2.29. The average molecular weight is 394 g/mol.